The Labute approximate surface area is 103 Å². The van der Waals surface area contributed by atoms with Crippen LogP contribution < -0.4 is 10.1 Å². The van der Waals surface area contributed by atoms with Gasteiger partial charge in [-0.2, -0.15) is 0 Å². The Bertz CT molecular complexity index is 577. The molecule has 2 heterocycles. The van der Waals surface area contributed by atoms with Gasteiger partial charge in [0.25, 0.3) is 0 Å². The Hall–Kier alpha value is -2.43. The molecule has 1 aliphatic heterocycles. The zero-order chi connectivity index (χ0) is 12.5. The third-order valence-corrected chi connectivity index (χ3v) is 2.92. The molecule has 3 rings (SSSR count). The molecule has 5 heteroatoms. The standard InChI is InChI=1S/C13H12N2O3/c16-13(17)10-6-9-12(15-10)18-11(7-14-9)8-4-2-1-3-5-8/h1-6,11,14-15H,7H2,(H,16,17). The molecule has 0 radical (unpaired) electrons. The van der Waals surface area contributed by atoms with Crippen molar-refractivity contribution >= 4 is 11.7 Å². The third kappa shape index (κ3) is 1.79. The molecule has 18 heavy (non-hydrogen) atoms. The van der Waals surface area contributed by atoms with Crippen LogP contribution in [0, 0.1) is 0 Å². The van der Waals surface area contributed by atoms with Crippen LogP contribution in [0.5, 0.6) is 5.88 Å². The molecule has 1 atom stereocenters. The van der Waals surface area contributed by atoms with Crippen molar-refractivity contribution in [1.82, 2.24) is 4.98 Å². The van der Waals surface area contributed by atoms with Crippen LogP contribution in [0.1, 0.15) is 22.2 Å². The lowest BCUT2D eigenvalue weighted by molar-refractivity contribution is 0.0690. The highest BCUT2D eigenvalue weighted by Gasteiger charge is 2.24. The minimum Gasteiger partial charge on any atom is -0.477 e. The van der Waals surface area contributed by atoms with Crippen LogP contribution in [0.2, 0.25) is 0 Å². The summed E-state index contributed by atoms with van der Waals surface area (Å²) in [4.78, 5) is 13.6. The fourth-order valence-corrected chi connectivity index (χ4v) is 2.02. The molecule has 0 saturated heterocycles. The van der Waals surface area contributed by atoms with Crippen LogP contribution in [-0.2, 0) is 0 Å². The maximum Gasteiger partial charge on any atom is 0.352 e. The van der Waals surface area contributed by atoms with E-state index in [-0.39, 0.29) is 11.8 Å². The van der Waals surface area contributed by atoms with E-state index in [0.29, 0.717) is 18.1 Å². The molecular formula is C13H12N2O3. The van der Waals surface area contributed by atoms with Gasteiger partial charge in [0, 0.05) is 0 Å². The van der Waals surface area contributed by atoms with Crippen LogP contribution >= 0.6 is 0 Å². The van der Waals surface area contributed by atoms with Crippen LogP contribution in [0.25, 0.3) is 0 Å². The SMILES string of the molecule is O=C(O)c1cc2c([nH]1)OC(c1ccccc1)CN2. The van der Waals surface area contributed by atoms with Crippen molar-refractivity contribution in [3.8, 4) is 5.88 Å². The molecule has 1 unspecified atom stereocenters. The molecule has 0 saturated carbocycles. The maximum absolute atomic E-state index is 10.9. The third-order valence-electron chi connectivity index (χ3n) is 2.92. The summed E-state index contributed by atoms with van der Waals surface area (Å²) < 4.78 is 5.77. The molecule has 0 amide bonds. The highest BCUT2D eigenvalue weighted by Crippen LogP contribution is 2.34. The van der Waals surface area contributed by atoms with E-state index in [2.05, 4.69) is 10.3 Å². The van der Waals surface area contributed by atoms with Gasteiger partial charge >= 0.3 is 5.97 Å². The largest absolute Gasteiger partial charge is 0.477 e. The lowest BCUT2D eigenvalue weighted by Crippen LogP contribution is -2.23. The van der Waals surface area contributed by atoms with Crippen molar-refractivity contribution < 1.29 is 14.6 Å². The van der Waals surface area contributed by atoms with Crippen molar-refractivity contribution in [2.75, 3.05) is 11.9 Å². The zero-order valence-electron chi connectivity index (χ0n) is 9.51. The monoisotopic (exact) mass is 244 g/mol. The number of aromatic carboxylic acids is 1. The van der Waals surface area contributed by atoms with Gasteiger partial charge in [0.1, 0.15) is 11.8 Å². The Morgan fingerprint density at radius 2 is 2.11 bits per heavy atom. The van der Waals surface area contributed by atoms with E-state index in [0.717, 1.165) is 5.56 Å². The number of rotatable bonds is 2. The second-order valence-corrected chi connectivity index (χ2v) is 4.13. The first-order valence-corrected chi connectivity index (χ1v) is 5.66. The molecule has 1 aromatic carbocycles. The maximum atomic E-state index is 10.9. The van der Waals surface area contributed by atoms with Gasteiger partial charge in [-0.1, -0.05) is 30.3 Å². The van der Waals surface area contributed by atoms with Gasteiger partial charge in [-0.3, -0.25) is 0 Å². The minimum absolute atomic E-state index is 0.112. The summed E-state index contributed by atoms with van der Waals surface area (Å²) in [6, 6.07) is 11.4. The number of nitrogens with one attached hydrogen (secondary N) is 2. The van der Waals surface area contributed by atoms with Gasteiger partial charge < -0.3 is 20.1 Å². The Morgan fingerprint density at radius 1 is 1.33 bits per heavy atom. The van der Waals surface area contributed by atoms with Crippen LogP contribution in [0.4, 0.5) is 5.69 Å². The summed E-state index contributed by atoms with van der Waals surface area (Å²) in [7, 11) is 0. The Kier molecular flexibility index (Phi) is 2.44. The van der Waals surface area contributed by atoms with E-state index in [4.69, 9.17) is 9.84 Å². The molecule has 1 aromatic heterocycles. The van der Waals surface area contributed by atoms with Gasteiger partial charge in [0.05, 0.1) is 12.2 Å². The van der Waals surface area contributed by atoms with Crippen molar-refractivity contribution in [1.29, 1.82) is 0 Å². The summed E-state index contributed by atoms with van der Waals surface area (Å²) in [6.07, 6.45) is -0.112. The molecule has 0 bridgehead atoms. The van der Waals surface area contributed by atoms with E-state index in [1.54, 1.807) is 6.07 Å². The van der Waals surface area contributed by atoms with Gasteiger partial charge in [-0.15, -0.1) is 0 Å². The highest BCUT2D eigenvalue weighted by molar-refractivity contribution is 5.88. The summed E-state index contributed by atoms with van der Waals surface area (Å²) in [5.41, 5.74) is 1.88. The van der Waals surface area contributed by atoms with E-state index in [9.17, 15) is 4.79 Å². The summed E-state index contributed by atoms with van der Waals surface area (Å²) in [6.45, 7) is 0.619. The first-order valence-electron chi connectivity index (χ1n) is 5.66. The first kappa shape index (κ1) is 10.7. The number of ether oxygens (including phenoxy) is 1. The highest BCUT2D eigenvalue weighted by atomic mass is 16.5. The summed E-state index contributed by atoms with van der Waals surface area (Å²) in [5, 5.41) is 12.1. The lowest BCUT2D eigenvalue weighted by Gasteiger charge is -2.25. The molecule has 0 spiro atoms. The summed E-state index contributed by atoms with van der Waals surface area (Å²) in [5.74, 6) is -0.515. The second-order valence-electron chi connectivity index (χ2n) is 4.13. The number of hydrogen-bond donors (Lipinski definition) is 3. The normalized spacial score (nSPS) is 17.4. The average molecular weight is 244 g/mol. The smallest absolute Gasteiger partial charge is 0.352 e. The predicted octanol–water partition coefficient (Wildman–Crippen LogP) is 2.26. The van der Waals surface area contributed by atoms with Crippen molar-refractivity contribution in [2.24, 2.45) is 0 Å². The number of carboxylic acids is 1. The van der Waals surface area contributed by atoms with Gasteiger partial charge in [-0.25, -0.2) is 4.79 Å². The van der Waals surface area contributed by atoms with Gasteiger partial charge in [0.2, 0.25) is 5.88 Å². The molecular weight excluding hydrogens is 232 g/mol. The van der Waals surface area contributed by atoms with E-state index in [1.165, 1.54) is 0 Å². The minimum atomic E-state index is -0.994. The van der Waals surface area contributed by atoms with Crippen LogP contribution in [0.15, 0.2) is 36.4 Å². The van der Waals surface area contributed by atoms with Crippen molar-refractivity contribution in [2.45, 2.75) is 6.10 Å². The topological polar surface area (TPSA) is 74.3 Å². The number of hydrogen-bond acceptors (Lipinski definition) is 3. The molecule has 0 aliphatic carbocycles. The van der Waals surface area contributed by atoms with Gasteiger partial charge in [0.15, 0.2) is 0 Å². The van der Waals surface area contributed by atoms with E-state index in [1.807, 2.05) is 30.3 Å². The zero-order valence-corrected chi connectivity index (χ0v) is 9.51. The molecule has 5 nitrogen and oxygen atoms in total. The van der Waals surface area contributed by atoms with E-state index >= 15 is 0 Å². The molecule has 92 valence electrons. The number of carboxylic acid groups (broad SMARTS) is 1. The second kappa shape index (κ2) is 4.10. The molecule has 3 N–H and O–H groups in total. The molecule has 1 aliphatic rings. The number of fused-ring (bicyclic) bond motifs is 1. The van der Waals surface area contributed by atoms with Crippen LogP contribution in [-0.4, -0.2) is 22.6 Å². The molecule has 2 aromatic rings. The van der Waals surface area contributed by atoms with Crippen molar-refractivity contribution in [3.05, 3.63) is 47.7 Å². The number of benzene rings is 1. The fraction of sp³-hybridized carbons (Fsp3) is 0.154. The first-order chi connectivity index (χ1) is 8.74. The summed E-state index contributed by atoms with van der Waals surface area (Å²) >= 11 is 0. The van der Waals surface area contributed by atoms with E-state index < -0.39 is 5.97 Å². The Balaban J connectivity index is 1.87. The average Bonchev–Trinajstić information content (AvgIpc) is 2.82. The quantitative estimate of drug-likeness (QED) is 0.757. The number of carbonyl (C=O) groups is 1. The lowest BCUT2D eigenvalue weighted by atomic mass is 10.1. The Morgan fingerprint density at radius 3 is 2.83 bits per heavy atom. The number of aromatic amines is 1. The number of aromatic nitrogens is 1. The number of anilines is 1. The van der Waals surface area contributed by atoms with Crippen molar-refractivity contribution in [3.63, 3.8) is 0 Å². The van der Waals surface area contributed by atoms with Gasteiger partial charge in [-0.05, 0) is 11.6 Å². The molecule has 0 fully saturated rings. The number of H-pyrrole nitrogens is 1. The van der Waals surface area contributed by atoms with Crippen LogP contribution in [0.3, 0.4) is 0 Å². The predicted molar refractivity (Wildman–Crippen MR) is 66.1 cm³/mol. The fourth-order valence-electron chi connectivity index (χ4n) is 2.02.